The molecule has 0 radical (unpaired) electrons. The smallest absolute Gasteiger partial charge is 0.289 e. The standard InChI is InChI=1S/C12H17ClN4O2/c1-14-6-9-3-2-4-16(8-9)12-11(13)5-10(7-15-12)17(18)19/h5,7,9,14H,2-4,6,8H2,1H3. The molecule has 19 heavy (non-hydrogen) atoms. The Balaban J connectivity index is 2.15. The maximum absolute atomic E-state index is 10.7. The van der Waals surface area contributed by atoms with E-state index in [0.29, 0.717) is 16.8 Å². The van der Waals surface area contributed by atoms with Gasteiger partial charge in [0.1, 0.15) is 12.0 Å². The van der Waals surface area contributed by atoms with Crippen molar-refractivity contribution in [2.24, 2.45) is 5.92 Å². The van der Waals surface area contributed by atoms with E-state index < -0.39 is 4.92 Å². The van der Waals surface area contributed by atoms with E-state index in [1.165, 1.54) is 18.7 Å². The fourth-order valence-electron chi connectivity index (χ4n) is 2.47. The molecule has 6 nitrogen and oxygen atoms in total. The average molecular weight is 285 g/mol. The predicted molar refractivity (Wildman–Crippen MR) is 74.8 cm³/mol. The van der Waals surface area contributed by atoms with Crippen molar-refractivity contribution < 1.29 is 4.92 Å². The van der Waals surface area contributed by atoms with Gasteiger partial charge in [-0.25, -0.2) is 4.98 Å². The summed E-state index contributed by atoms with van der Waals surface area (Å²) in [5.74, 6) is 1.21. The summed E-state index contributed by atoms with van der Waals surface area (Å²) >= 11 is 6.11. The van der Waals surface area contributed by atoms with Crippen LogP contribution in [-0.4, -0.2) is 36.6 Å². The molecule has 0 spiro atoms. The third-order valence-electron chi connectivity index (χ3n) is 3.33. The van der Waals surface area contributed by atoms with Crippen LogP contribution in [0.5, 0.6) is 0 Å². The highest BCUT2D eigenvalue weighted by atomic mass is 35.5. The molecule has 0 aromatic carbocycles. The Hall–Kier alpha value is -1.40. The molecule has 2 heterocycles. The third-order valence-corrected chi connectivity index (χ3v) is 3.61. The molecule has 1 aliphatic rings. The van der Waals surface area contributed by atoms with E-state index >= 15 is 0 Å². The van der Waals surface area contributed by atoms with Gasteiger partial charge in [-0.3, -0.25) is 10.1 Å². The minimum atomic E-state index is -0.483. The quantitative estimate of drug-likeness (QED) is 0.677. The van der Waals surface area contributed by atoms with Crippen LogP contribution < -0.4 is 10.2 Å². The van der Waals surface area contributed by atoms with Gasteiger partial charge in [0.15, 0.2) is 0 Å². The lowest BCUT2D eigenvalue weighted by atomic mass is 9.98. The number of nitrogens with one attached hydrogen (secondary N) is 1. The van der Waals surface area contributed by atoms with Crippen molar-refractivity contribution in [3.63, 3.8) is 0 Å². The van der Waals surface area contributed by atoms with E-state index in [9.17, 15) is 10.1 Å². The van der Waals surface area contributed by atoms with Crippen LogP contribution in [0.3, 0.4) is 0 Å². The van der Waals surface area contributed by atoms with Crippen molar-refractivity contribution in [2.45, 2.75) is 12.8 Å². The van der Waals surface area contributed by atoms with Gasteiger partial charge < -0.3 is 10.2 Å². The van der Waals surface area contributed by atoms with Gasteiger partial charge in [-0.15, -0.1) is 0 Å². The number of nitro groups is 1. The molecule has 1 aromatic rings. The minimum absolute atomic E-state index is 0.0717. The molecule has 1 saturated heterocycles. The number of anilines is 1. The van der Waals surface area contributed by atoms with Gasteiger partial charge in [-0.1, -0.05) is 11.6 Å². The Morgan fingerprint density at radius 1 is 1.68 bits per heavy atom. The molecule has 1 aliphatic heterocycles. The van der Waals surface area contributed by atoms with Gasteiger partial charge in [-0.2, -0.15) is 0 Å². The molecule has 1 atom stereocenters. The molecular formula is C12H17ClN4O2. The van der Waals surface area contributed by atoms with E-state index in [2.05, 4.69) is 15.2 Å². The maximum Gasteiger partial charge on any atom is 0.289 e. The third kappa shape index (κ3) is 3.33. The molecule has 7 heteroatoms. The number of hydrogen-bond donors (Lipinski definition) is 1. The lowest BCUT2D eigenvalue weighted by molar-refractivity contribution is -0.385. The van der Waals surface area contributed by atoms with Gasteiger partial charge >= 0.3 is 0 Å². The lowest BCUT2D eigenvalue weighted by Crippen LogP contribution is -2.39. The molecule has 0 bridgehead atoms. The van der Waals surface area contributed by atoms with Crippen molar-refractivity contribution in [1.82, 2.24) is 10.3 Å². The highest BCUT2D eigenvalue weighted by Crippen LogP contribution is 2.30. The monoisotopic (exact) mass is 284 g/mol. The van der Waals surface area contributed by atoms with Gasteiger partial charge in [0.25, 0.3) is 5.69 Å². The highest BCUT2D eigenvalue weighted by Gasteiger charge is 2.23. The molecule has 0 amide bonds. The minimum Gasteiger partial charge on any atom is -0.355 e. The van der Waals surface area contributed by atoms with Crippen LogP contribution in [0.15, 0.2) is 12.3 Å². The fourth-order valence-corrected chi connectivity index (χ4v) is 2.75. The summed E-state index contributed by atoms with van der Waals surface area (Å²) in [4.78, 5) is 16.4. The summed E-state index contributed by atoms with van der Waals surface area (Å²) < 4.78 is 0. The molecule has 1 fully saturated rings. The van der Waals surface area contributed by atoms with Crippen molar-refractivity contribution in [1.29, 1.82) is 0 Å². The first-order valence-electron chi connectivity index (χ1n) is 6.31. The second kappa shape index (κ2) is 6.16. The normalized spacial score (nSPS) is 19.5. The molecule has 0 saturated carbocycles. The molecule has 1 unspecified atom stereocenters. The van der Waals surface area contributed by atoms with E-state index in [0.717, 1.165) is 26.1 Å². The second-order valence-corrected chi connectivity index (χ2v) is 5.18. The number of hydrogen-bond acceptors (Lipinski definition) is 5. The van der Waals surface area contributed by atoms with Gasteiger partial charge in [0.05, 0.1) is 9.95 Å². The first kappa shape index (κ1) is 14.0. The van der Waals surface area contributed by atoms with Crippen LogP contribution in [0, 0.1) is 16.0 Å². The van der Waals surface area contributed by atoms with Crippen molar-refractivity contribution in [3.8, 4) is 0 Å². The summed E-state index contributed by atoms with van der Waals surface area (Å²) in [6.45, 7) is 2.73. The Kier molecular flexibility index (Phi) is 4.55. The second-order valence-electron chi connectivity index (χ2n) is 4.77. The van der Waals surface area contributed by atoms with Gasteiger partial charge in [0.2, 0.25) is 0 Å². The zero-order valence-electron chi connectivity index (χ0n) is 10.8. The number of aromatic nitrogens is 1. The average Bonchev–Trinajstić information content (AvgIpc) is 2.39. The molecule has 104 valence electrons. The Morgan fingerprint density at radius 3 is 3.11 bits per heavy atom. The Bertz CT molecular complexity index is 467. The van der Waals surface area contributed by atoms with E-state index in [1.807, 2.05) is 7.05 Å². The topological polar surface area (TPSA) is 71.3 Å². The summed E-state index contributed by atoms with van der Waals surface area (Å²) in [7, 11) is 1.94. The Labute approximate surface area is 116 Å². The van der Waals surface area contributed by atoms with E-state index in [4.69, 9.17) is 11.6 Å². The fraction of sp³-hybridized carbons (Fsp3) is 0.583. The van der Waals surface area contributed by atoms with Crippen LogP contribution in [0.2, 0.25) is 5.02 Å². The van der Waals surface area contributed by atoms with Crippen LogP contribution in [-0.2, 0) is 0 Å². The zero-order valence-corrected chi connectivity index (χ0v) is 11.6. The van der Waals surface area contributed by atoms with Crippen LogP contribution >= 0.6 is 11.6 Å². The Morgan fingerprint density at radius 2 is 2.47 bits per heavy atom. The van der Waals surface area contributed by atoms with Gasteiger partial charge in [0, 0.05) is 19.2 Å². The zero-order chi connectivity index (χ0) is 13.8. The summed E-state index contributed by atoms with van der Waals surface area (Å²) in [5.41, 5.74) is -0.0717. The molecule has 1 aromatic heterocycles. The van der Waals surface area contributed by atoms with Crippen LogP contribution in [0.4, 0.5) is 11.5 Å². The first-order valence-corrected chi connectivity index (χ1v) is 6.69. The number of pyridine rings is 1. The number of rotatable bonds is 4. The van der Waals surface area contributed by atoms with Crippen molar-refractivity contribution in [3.05, 3.63) is 27.4 Å². The summed E-state index contributed by atoms with van der Waals surface area (Å²) in [5, 5.41) is 14.2. The van der Waals surface area contributed by atoms with Crippen molar-refractivity contribution in [2.75, 3.05) is 31.6 Å². The van der Waals surface area contributed by atoms with Gasteiger partial charge in [-0.05, 0) is 32.4 Å². The number of piperidine rings is 1. The predicted octanol–water partition coefficient (Wildman–Crippen LogP) is 2.08. The molecule has 2 rings (SSSR count). The van der Waals surface area contributed by atoms with Crippen LogP contribution in [0.1, 0.15) is 12.8 Å². The van der Waals surface area contributed by atoms with E-state index in [-0.39, 0.29) is 5.69 Å². The molecular weight excluding hydrogens is 268 g/mol. The summed E-state index contributed by atoms with van der Waals surface area (Å²) in [6.07, 6.45) is 3.53. The molecule has 0 aliphatic carbocycles. The largest absolute Gasteiger partial charge is 0.355 e. The molecule has 1 N–H and O–H groups in total. The maximum atomic E-state index is 10.7. The number of nitrogens with zero attached hydrogens (tertiary/aromatic N) is 3. The van der Waals surface area contributed by atoms with Crippen LogP contribution in [0.25, 0.3) is 0 Å². The highest BCUT2D eigenvalue weighted by molar-refractivity contribution is 6.33. The number of halogens is 1. The first-order chi connectivity index (χ1) is 9.11. The van der Waals surface area contributed by atoms with Crippen molar-refractivity contribution >= 4 is 23.1 Å². The SMILES string of the molecule is CNCC1CCCN(c2ncc([N+](=O)[O-])cc2Cl)C1. The van der Waals surface area contributed by atoms with E-state index in [1.54, 1.807) is 0 Å². The lowest BCUT2D eigenvalue weighted by Gasteiger charge is -2.33. The summed E-state index contributed by atoms with van der Waals surface area (Å²) in [6, 6.07) is 1.37.